The number of amides is 1. The van der Waals surface area contributed by atoms with Crippen molar-refractivity contribution in [2.24, 2.45) is 5.10 Å². The third-order valence-electron chi connectivity index (χ3n) is 2.41. The highest BCUT2D eigenvalue weighted by atomic mass is 35.5. The zero-order chi connectivity index (χ0) is 12.3. The Bertz CT molecular complexity index is 496. The standard InChI is InChI=1S/C12H12ClN3O/c1-14-12(17)9-4-2-3-8(5-9)10-6-11(13)16-15-7-10/h2-7,11,16H,1H3,(H,14,17). The molecule has 1 heterocycles. The maximum absolute atomic E-state index is 11.5. The lowest BCUT2D eigenvalue weighted by atomic mass is 10.0. The normalized spacial score (nSPS) is 18.2. The van der Waals surface area contributed by atoms with E-state index in [-0.39, 0.29) is 11.4 Å². The molecule has 0 bridgehead atoms. The van der Waals surface area contributed by atoms with Crippen molar-refractivity contribution in [3.63, 3.8) is 0 Å². The van der Waals surface area contributed by atoms with Crippen molar-refractivity contribution < 1.29 is 4.79 Å². The van der Waals surface area contributed by atoms with Crippen LogP contribution in [0.4, 0.5) is 0 Å². The summed E-state index contributed by atoms with van der Waals surface area (Å²) < 4.78 is 0. The topological polar surface area (TPSA) is 53.5 Å². The summed E-state index contributed by atoms with van der Waals surface area (Å²) in [4.78, 5) is 11.5. The maximum Gasteiger partial charge on any atom is 0.251 e. The maximum atomic E-state index is 11.5. The van der Waals surface area contributed by atoms with Crippen LogP contribution in [0.2, 0.25) is 0 Å². The van der Waals surface area contributed by atoms with E-state index in [1.807, 2.05) is 24.3 Å². The van der Waals surface area contributed by atoms with Gasteiger partial charge in [0.15, 0.2) is 0 Å². The zero-order valence-electron chi connectivity index (χ0n) is 9.27. The molecule has 0 aromatic heterocycles. The average molecular weight is 250 g/mol. The molecule has 88 valence electrons. The van der Waals surface area contributed by atoms with Gasteiger partial charge < -0.3 is 5.32 Å². The molecule has 1 aromatic carbocycles. The Kier molecular flexibility index (Phi) is 3.44. The van der Waals surface area contributed by atoms with Gasteiger partial charge in [-0.2, -0.15) is 5.10 Å². The summed E-state index contributed by atoms with van der Waals surface area (Å²) in [6.45, 7) is 0. The molecule has 1 aliphatic rings. The van der Waals surface area contributed by atoms with Gasteiger partial charge in [-0.25, -0.2) is 0 Å². The Morgan fingerprint density at radius 2 is 2.35 bits per heavy atom. The Morgan fingerprint density at radius 1 is 1.53 bits per heavy atom. The number of nitrogens with one attached hydrogen (secondary N) is 2. The minimum atomic E-state index is -0.321. The summed E-state index contributed by atoms with van der Waals surface area (Å²) in [5.41, 5.74) is 4.82. The smallest absolute Gasteiger partial charge is 0.251 e. The summed E-state index contributed by atoms with van der Waals surface area (Å²) in [6, 6.07) is 7.32. The largest absolute Gasteiger partial charge is 0.355 e. The highest BCUT2D eigenvalue weighted by Gasteiger charge is 2.10. The molecule has 1 amide bonds. The lowest BCUT2D eigenvalue weighted by Crippen LogP contribution is -2.20. The van der Waals surface area contributed by atoms with Crippen molar-refractivity contribution in [2.45, 2.75) is 5.50 Å². The first-order chi connectivity index (χ1) is 8.20. The van der Waals surface area contributed by atoms with Gasteiger partial charge in [0.2, 0.25) is 0 Å². The molecule has 2 rings (SSSR count). The lowest BCUT2D eigenvalue weighted by Gasteiger charge is -2.12. The van der Waals surface area contributed by atoms with Gasteiger partial charge in [-0.3, -0.25) is 10.2 Å². The molecule has 0 saturated carbocycles. The van der Waals surface area contributed by atoms with E-state index in [4.69, 9.17) is 11.6 Å². The first-order valence-electron chi connectivity index (χ1n) is 5.17. The van der Waals surface area contributed by atoms with Crippen LogP contribution in [0.5, 0.6) is 0 Å². The van der Waals surface area contributed by atoms with E-state index in [1.54, 1.807) is 19.3 Å². The summed E-state index contributed by atoms with van der Waals surface area (Å²) in [5, 5.41) is 6.52. The predicted octanol–water partition coefficient (Wildman–Crippen LogP) is 1.58. The number of allylic oxidation sites excluding steroid dienone is 1. The molecule has 5 heteroatoms. The molecule has 1 unspecified atom stereocenters. The van der Waals surface area contributed by atoms with Gasteiger partial charge in [0.25, 0.3) is 5.91 Å². The van der Waals surface area contributed by atoms with E-state index in [2.05, 4.69) is 15.8 Å². The van der Waals surface area contributed by atoms with Gasteiger partial charge in [0.05, 0.1) is 6.21 Å². The number of hydrogen-bond acceptors (Lipinski definition) is 3. The monoisotopic (exact) mass is 249 g/mol. The number of hydrogen-bond donors (Lipinski definition) is 2. The van der Waals surface area contributed by atoms with Crippen LogP contribution in [0.3, 0.4) is 0 Å². The minimum Gasteiger partial charge on any atom is -0.355 e. The van der Waals surface area contributed by atoms with Crippen LogP contribution in [0.25, 0.3) is 5.57 Å². The number of alkyl halides is 1. The molecule has 0 fully saturated rings. The number of rotatable bonds is 2. The van der Waals surface area contributed by atoms with E-state index in [0.29, 0.717) is 5.56 Å². The Labute approximate surface area is 104 Å². The molecular formula is C12H12ClN3O. The van der Waals surface area contributed by atoms with Crippen molar-refractivity contribution in [1.29, 1.82) is 0 Å². The van der Waals surface area contributed by atoms with Crippen molar-refractivity contribution in [3.8, 4) is 0 Å². The Morgan fingerprint density at radius 3 is 3.06 bits per heavy atom. The van der Waals surface area contributed by atoms with E-state index < -0.39 is 0 Å². The second-order valence-corrected chi connectivity index (χ2v) is 4.04. The number of carbonyl (C=O) groups excluding carboxylic acids is 1. The second kappa shape index (κ2) is 5.01. The molecular weight excluding hydrogens is 238 g/mol. The summed E-state index contributed by atoms with van der Waals surface area (Å²) >= 11 is 5.91. The quantitative estimate of drug-likeness (QED) is 0.618. The number of nitrogens with zero attached hydrogens (tertiary/aromatic N) is 1. The highest BCUT2D eigenvalue weighted by molar-refractivity contribution is 6.24. The average Bonchev–Trinajstić information content (AvgIpc) is 2.38. The molecule has 0 saturated heterocycles. The predicted molar refractivity (Wildman–Crippen MR) is 69.1 cm³/mol. The van der Waals surface area contributed by atoms with Gasteiger partial charge >= 0.3 is 0 Å². The number of hydrazone groups is 1. The molecule has 17 heavy (non-hydrogen) atoms. The van der Waals surface area contributed by atoms with Crippen LogP contribution in [0.15, 0.2) is 35.4 Å². The van der Waals surface area contributed by atoms with E-state index in [9.17, 15) is 4.79 Å². The zero-order valence-corrected chi connectivity index (χ0v) is 10.0. The number of benzene rings is 1. The third-order valence-corrected chi connectivity index (χ3v) is 2.64. The molecule has 0 spiro atoms. The molecule has 4 nitrogen and oxygen atoms in total. The second-order valence-electron chi connectivity index (χ2n) is 3.57. The number of carbonyl (C=O) groups is 1. The SMILES string of the molecule is CNC(=O)c1cccc(C2=CC(Cl)NN=C2)c1. The van der Waals surface area contributed by atoms with Crippen molar-refractivity contribution in [3.05, 3.63) is 41.5 Å². The fourth-order valence-electron chi connectivity index (χ4n) is 1.57. The lowest BCUT2D eigenvalue weighted by molar-refractivity contribution is 0.0963. The highest BCUT2D eigenvalue weighted by Crippen LogP contribution is 2.18. The Balaban J connectivity index is 2.33. The van der Waals surface area contributed by atoms with Gasteiger partial charge in [-0.05, 0) is 23.8 Å². The van der Waals surface area contributed by atoms with Crippen LogP contribution in [0.1, 0.15) is 15.9 Å². The summed E-state index contributed by atoms with van der Waals surface area (Å²) in [5.74, 6) is -0.110. The summed E-state index contributed by atoms with van der Waals surface area (Å²) in [6.07, 6.45) is 3.53. The van der Waals surface area contributed by atoms with Crippen LogP contribution in [-0.4, -0.2) is 24.7 Å². The van der Waals surface area contributed by atoms with E-state index >= 15 is 0 Å². The van der Waals surface area contributed by atoms with Crippen LogP contribution in [-0.2, 0) is 0 Å². The van der Waals surface area contributed by atoms with Crippen molar-refractivity contribution in [1.82, 2.24) is 10.7 Å². The fourth-order valence-corrected chi connectivity index (χ4v) is 1.76. The first-order valence-corrected chi connectivity index (χ1v) is 5.61. The fraction of sp³-hybridized carbons (Fsp3) is 0.167. The third kappa shape index (κ3) is 2.65. The Hall–Kier alpha value is -1.81. The van der Waals surface area contributed by atoms with Gasteiger partial charge in [0, 0.05) is 18.2 Å². The van der Waals surface area contributed by atoms with Crippen LogP contribution in [0, 0.1) is 0 Å². The van der Waals surface area contributed by atoms with Crippen LogP contribution < -0.4 is 10.7 Å². The molecule has 1 atom stereocenters. The molecule has 0 radical (unpaired) electrons. The van der Waals surface area contributed by atoms with Gasteiger partial charge in [0.1, 0.15) is 5.50 Å². The molecule has 1 aromatic rings. The molecule has 0 aliphatic carbocycles. The summed E-state index contributed by atoms with van der Waals surface area (Å²) in [7, 11) is 1.61. The molecule has 2 N–H and O–H groups in total. The molecule has 1 aliphatic heterocycles. The van der Waals surface area contributed by atoms with E-state index in [0.717, 1.165) is 11.1 Å². The van der Waals surface area contributed by atoms with Crippen molar-refractivity contribution in [2.75, 3.05) is 7.05 Å². The van der Waals surface area contributed by atoms with E-state index in [1.165, 1.54) is 0 Å². The van der Waals surface area contributed by atoms with Gasteiger partial charge in [-0.1, -0.05) is 23.7 Å². The van der Waals surface area contributed by atoms with Crippen molar-refractivity contribution >= 4 is 29.3 Å². The van der Waals surface area contributed by atoms with Crippen LogP contribution >= 0.6 is 11.6 Å². The first kappa shape index (κ1) is 11.7. The number of halogens is 1. The minimum absolute atomic E-state index is 0.110. The van der Waals surface area contributed by atoms with Gasteiger partial charge in [-0.15, -0.1) is 0 Å².